The highest BCUT2D eigenvalue weighted by Crippen LogP contribution is 2.12. The Balaban J connectivity index is 1.95. The monoisotopic (exact) mass is 313 g/mol. The molecule has 21 heavy (non-hydrogen) atoms. The van der Waals surface area contributed by atoms with Crippen molar-refractivity contribution in [1.29, 1.82) is 0 Å². The second-order valence-electron chi connectivity index (χ2n) is 5.19. The van der Waals surface area contributed by atoms with Crippen LogP contribution in [0.15, 0.2) is 23.4 Å². The van der Waals surface area contributed by atoms with Crippen LogP contribution in [0.5, 0.6) is 0 Å². The molecule has 0 amide bonds. The van der Waals surface area contributed by atoms with Gasteiger partial charge in [0.1, 0.15) is 0 Å². The van der Waals surface area contributed by atoms with E-state index in [1.54, 1.807) is 18.3 Å². The van der Waals surface area contributed by atoms with Crippen LogP contribution in [-0.4, -0.2) is 39.2 Å². The van der Waals surface area contributed by atoms with Crippen molar-refractivity contribution in [2.45, 2.75) is 43.8 Å². The van der Waals surface area contributed by atoms with E-state index in [4.69, 9.17) is 4.74 Å². The van der Waals surface area contributed by atoms with Crippen molar-refractivity contribution in [1.82, 2.24) is 15.0 Å². The van der Waals surface area contributed by atoms with E-state index in [9.17, 15) is 8.42 Å². The fourth-order valence-corrected chi connectivity index (χ4v) is 3.41. The standard InChI is InChI=1S/C14H23N3O3S/c1-2-7-15-10-12-3-4-14(16-11-12)21(18,19)17-13-5-8-20-9-6-13/h3-4,11,13,15,17H,2,5-10H2,1H3. The van der Waals surface area contributed by atoms with E-state index in [0.29, 0.717) is 32.6 Å². The molecule has 2 rings (SSSR count). The molecule has 1 aliphatic heterocycles. The Morgan fingerprint density at radius 2 is 2.10 bits per heavy atom. The molecule has 118 valence electrons. The van der Waals surface area contributed by atoms with Gasteiger partial charge in [-0.3, -0.25) is 0 Å². The average Bonchev–Trinajstić information content (AvgIpc) is 2.49. The molecule has 7 heteroatoms. The first-order valence-electron chi connectivity index (χ1n) is 7.37. The Morgan fingerprint density at radius 1 is 1.33 bits per heavy atom. The van der Waals surface area contributed by atoms with E-state index in [0.717, 1.165) is 18.5 Å². The molecule has 1 fully saturated rings. The minimum absolute atomic E-state index is 0.0588. The Hall–Kier alpha value is -1.02. The highest BCUT2D eigenvalue weighted by molar-refractivity contribution is 7.89. The second kappa shape index (κ2) is 7.84. The number of ether oxygens (including phenoxy) is 1. The van der Waals surface area contributed by atoms with Crippen molar-refractivity contribution < 1.29 is 13.2 Å². The zero-order valence-corrected chi connectivity index (χ0v) is 13.2. The molecule has 0 radical (unpaired) electrons. The van der Waals surface area contributed by atoms with Gasteiger partial charge in [-0.05, 0) is 37.4 Å². The third-order valence-electron chi connectivity index (χ3n) is 3.37. The van der Waals surface area contributed by atoms with Crippen LogP contribution >= 0.6 is 0 Å². The molecule has 2 heterocycles. The first-order valence-corrected chi connectivity index (χ1v) is 8.86. The van der Waals surface area contributed by atoms with Gasteiger partial charge in [-0.25, -0.2) is 18.1 Å². The molecule has 1 aliphatic rings. The minimum Gasteiger partial charge on any atom is -0.381 e. The Labute approximate surface area is 126 Å². The Kier molecular flexibility index (Phi) is 6.10. The lowest BCUT2D eigenvalue weighted by Gasteiger charge is -2.22. The van der Waals surface area contributed by atoms with Gasteiger partial charge in [-0.2, -0.15) is 0 Å². The van der Waals surface area contributed by atoms with Crippen LogP contribution < -0.4 is 10.0 Å². The van der Waals surface area contributed by atoms with Crippen molar-refractivity contribution >= 4 is 10.0 Å². The predicted octanol–water partition coefficient (Wildman–Crippen LogP) is 1.04. The smallest absolute Gasteiger partial charge is 0.258 e. The summed E-state index contributed by atoms with van der Waals surface area (Å²) in [4.78, 5) is 4.07. The van der Waals surface area contributed by atoms with E-state index < -0.39 is 10.0 Å². The van der Waals surface area contributed by atoms with Crippen LogP contribution in [0.25, 0.3) is 0 Å². The lowest BCUT2D eigenvalue weighted by molar-refractivity contribution is 0.0832. The van der Waals surface area contributed by atoms with Gasteiger partial charge in [0.2, 0.25) is 0 Å². The number of hydrogen-bond donors (Lipinski definition) is 2. The van der Waals surface area contributed by atoms with Crippen LogP contribution in [-0.2, 0) is 21.3 Å². The molecule has 6 nitrogen and oxygen atoms in total. The van der Waals surface area contributed by atoms with Crippen LogP contribution in [0, 0.1) is 0 Å². The zero-order chi connectivity index (χ0) is 15.1. The number of nitrogens with zero attached hydrogens (tertiary/aromatic N) is 1. The van der Waals surface area contributed by atoms with E-state index in [1.165, 1.54) is 0 Å². The van der Waals surface area contributed by atoms with Gasteiger partial charge < -0.3 is 10.1 Å². The van der Waals surface area contributed by atoms with Crippen LogP contribution in [0.4, 0.5) is 0 Å². The third kappa shape index (κ3) is 5.03. The number of nitrogens with one attached hydrogen (secondary N) is 2. The number of sulfonamides is 1. The maximum Gasteiger partial charge on any atom is 0.258 e. The first-order chi connectivity index (χ1) is 10.1. The summed E-state index contributed by atoms with van der Waals surface area (Å²) >= 11 is 0. The van der Waals surface area contributed by atoms with Gasteiger partial charge in [0, 0.05) is 32.0 Å². The summed E-state index contributed by atoms with van der Waals surface area (Å²) in [7, 11) is -3.54. The molecule has 0 unspecified atom stereocenters. The summed E-state index contributed by atoms with van der Waals surface area (Å²) < 4.78 is 32.4. The lowest BCUT2D eigenvalue weighted by Crippen LogP contribution is -2.39. The van der Waals surface area contributed by atoms with Crippen molar-refractivity contribution in [3.05, 3.63) is 23.9 Å². The minimum atomic E-state index is -3.54. The fraction of sp³-hybridized carbons (Fsp3) is 0.643. The van der Waals surface area contributed by atoms with E-state index in [1.807, 2.05) is 0 Å². The van der Waals surface area contributed by atoms with Crippen LogP contribution in [0.3, 0.4) is 0 Å². The first kappa shape index (κ1) is 16.4. The number of pyridine rings is 1. The molecular formula is C14H23N3O3S. The van der Waals surface area contributed by atoms with Crippen molar-refractivity contribution in [3.63, 3.8) is 0 Å². The summed E-state index contributed by atoms with van der Waals surface area (Å²) in [6, 6.07) is 3.30. The normalized spacial score (nSPS) is 17.0. The van der Waals surface area contributed by atoms with Crippen LogP contribution in [0.1, 0.15) is 31.7 Å². The second-order valence-corrected chi connectivity index (χ2v) is 6.85. The predicted molar refractivity (Wildman–Crippen MR) is 80.4 cm³/mol. The third-order valence-corrected chi connectivity index (χ3v) is 4.81. The van der Waals surface area contributed by atoms with E-state index >= 15 is 0 Å². The molecule has 0 aromatic carbocycles. The molecule has 1 saturated heterocycles. The summed E-state index contributed by atoms with van der Waals surface area (Å²) in [5.74, 6) is 0. The SMILES string of the molecule is CCCNCc1ccc(S(=O)(=O)NC2CCOCC2)nc1. The molecule has 0 spiro atoms. The number of rotatable bonds is 7. The average molecular weight is 313 g/mol. The molecule has 1 aromatic heterocycles. The molecule has 0 aliphatic carbocycles. The number of aromatic nitrogens is 1. The topological polar surface area (TPSA) is 80.3 Å². The van der Waals surface area contributed by atoms with Gasteiger partial charge in [0.25, 0.3) is 10.0 Å². The zero-order valence-electron chi connectivity index (χ0n) is 12.3. The van der Waals surface area contributed by atoms with Crippen molar-refractivity contribution in [2.75, 3.05) is 19.8 Å². The largest absolute Gasteiger partial charge is 0.381 e. The molecule has 0 saturated carbocycles. The summed E-state index contributed by atoms with van der Waals surface area (Å²) in [6.45, 7) is 4.94. The Morgan fingerprint density at radius 3 is 2.71 bits per heavy atom. The molecular weight excluding hydrogens is 290 g/mol. The Bertz CT molecular complexity index is 525. The van der Waals surface area contributed by atoms with Gasteiger partial charge in [0.15, 0.2) is 5.03 Å². The highest BCUT2D eigenvalue weighted by Gasteiger charge is 2.22. The lowest BCUT2D eigenvalue weighted by atomic mass is 10.1. The summed E-state index contributed by atoms with van der Waals surface area (Å²) in [5.41, 5.74) is 0.980. The van der Waals surface area contributed by atoms with Crippen LogP contribution in [0.2, 0.25) is 0 Å². The fourth-order valence-electron chi connectivity index (χ4n) is 2.18. The maximum atomic E-state index is 12.2. The molecule has 0 bridgehead atoms. The van der Waals surface area contributed by atoms with E-state index in [-0.39, 0.29) is 11.1 Å². The van der Waals surface area contributed by atoms with Gasteiger partial charge in [0.05, 0.1) is 0 Å². The molecule has 1 aromatic rings. The van der Waals surface area contributed by atoms with Crippen molar-refractivity contribution in [2.24, 2.45) is 0 Å². The maximum absolute atomic E-state index is 12.2. The van der Waals surface area contributed by atoms with Gasteiger partial charge in [-0.15, -0.1) is 0 Å². The summed E-state index contributed by atoms with van der Waals surface area (Å²) in [6.07, 6.45) is 4.09. The van der Waals surface area contributed by atoms with E-state index in [2.05, 4.69) is 21.9 Å². The van der Waals surface area contributed by atoms with Gasteiger partial charge in [-0.1, -0.05) is 13.0 Å². The molecule has 0 atom stereocenters. The highest BCUT2D eigenvalue weighted by atomic mass is 32.2. The molecule has 2 N–H and O–H groups in total. The van der Waals surface area contributed by atoms with Crippen molar-refractivity contribution in [3.8, 4) is 0 Å². The number of hydrogen-bond acceptors (Lipinski definition) is 5. The van der Waals surface area contributed by atoms with Gasteiger partial charge >= 0.3 is 0 Å². The summed E-state index contributed by atoms with van der Waals surface area (Å²) in [5, 5.41) is 3.33. The quantitative estimate of drug-likeness (QED) is 0.735.